The highest BCUT2D eigenvalue weighted by atomic mass is 32.1. The largest absolute Gasteiger partial charge is 0.394 e. The SMILES string of the molecule is OC[C@@H](O)[C@H](O)[C@@](O)(C(=S)c1ccccc1)C(O)c1ccccc1. The molecule has 0 aliphatic heterocycles. The van der Waals surface area contributed by atoms with E-state index < -0.39 is 30.5 Å². The van der Waals surface area contributed by atoms with Crippen molar-refractivity contribution in [3.8, 4) is 0 Å². The van der Waals surface area contributed by atoms with Gasteiger partial charge < -0.3 is 25.5 Å². The summed E-state index contributed by atoms with van der Waals surface area (Å²) in [5.74, 6) is 0. The molecule has 5 nitrogen and oxygen atoms in total. The van der Waals surface area contributed by atoms with Crippen molar-refractivity contribution in [2.75, 3.05) is 6.61 Å². The summed E-state index contributed by atoms with van der Waals surface area (Å²) in [6, 6.07) is 16.6. The molecule has 2 aromatic carbocycles. The molecule has 24 heavy (non-hydrogen) atoms. The third-order valence-corrected chi connectivity index (χ3v) is 4.50. The lowest BCUT2D eigenvalue weighted by Crippen LogP contribution is -2.58. The van der Waals surface area contributed by atoms with Gasteiger partial charge in [-0.1, -0.05) is 72.9 Å². The summed E-state index contributed by atoms with van der Waals surface area (Å²) in [6.45, 7) is -0.789. The van der Waals surface area contributed by atoms with Crippen LogP contribution < -0.4 is 0 Å². The Hall–Kier alpha value is -1.67. The Labute approximate surface area is 145 Å². The summed E-state index contributed by atoms with van der Waals surface area (Å²) in [7, 11) is 0. The second kappa shape index (κ2) is 7.94. The van der Waals surface area contributed by atoms with Crippen LogP contribution in [0.1, 0.15) is 17.2 Å². The lowest BCUT2D eigenvalue weighted by Gasteiger charge is -2.39. The summed E-state index contributed by atoms with van der Waals surface area (Å²) in [5.41, 5.74) is -1.61. The van der Waals surface area contributed by atoms with Crippen molar-refractivity contribution < 1.29 is 25.5 Å². The van der Waals surface area contributed by atoms with Gasteiger partial charge in [0.15, 0.2) is 5.60 Å². The maximum absolute atomic E-state index is 11.1. The van der Waals surface area contributed by atoms with Gasteiger partial charge in [0, 0.05) is 0 Å². The highest BCUT2D eigenvalue weighted by Gasteiger charge is 2.50. The van der Waals surface area contributed by atoms with E-state index in [2.05, 4.69) is 0 Å². The Kier molecular flexibility index (Phi) is 6.17. The zero-order valence-electron chi connectivity index (χ0n) is 12.9. The van der Waals surface area contributed by atoms with Crippen LogP contribution in [0.15, 0.2) is 60.7 Å². The van der Waals surface area contributed by atoms with Crippen LogP contribution in [-0.4, -0.2) is 54.8 Å². The fourth-order valence-corrected chi connectivity index (χ4v) is 2.89. The van der Waals surface area contributed by atoms with E-state index in [1.165, 1.54) is 0 Å². The summed E-state index contributed by atoms with van der Waals surface area (Å²) in [5, 5.41) is 51.2. The average Bonchev–Trinajstić information content (AvgIpc) is 2.66. The van der Waals surface area contributed by atoms with Gasteiger partial charge in [0.05, 0.1) is 11.5 Å². The number of aliphatic hydroxyl groups excluding tert-OH is 4. The van der Waals surface area contributed by atoms with Crippen LogP contribution in [0.3, 0.4) is 0 Å². The summed E-state index contributed by atoms with van der Waals surface area (Å²) < 4.78 is 0. The maximum atomic E-state index is 11.1. The first kappa shape index (κ1) is 18.7. The third-order valence-electron chi connectivity index (χ3n) is 3.93. The minimum absolute atomic E-state index is 0.126. The van der Waals surface area contributed by atoms with Gasteiger partial charge in [0.2, 0.25) is 0 Å². The van der Waals surface area contributed by atoms with Gasteiger partial charge in [-0.15, -0.1) is 0 Å². The normalized spacial score (nSPS) is 17.5. The van der Waals surface area contributed by atoms with Gasteiger partial charge in [-0.2, -0.15) is 0 Å². The first-order chi connectivity index (χ1) is 11.4. The second-order valence-electron chi connectivity index (χ2n) is 5.53. The number of rotatable bonds is 7. The fourth-order valence-electron chi connectivity index (χ4n) is 2.52. The number of benzene rings is 2. The molecule has 5 N–H and O–H groups in total. The molecule has 0 fully saturated rings. The Morgan fingerprint density at radius 2 is 1.42 bits per heavy atom. The first-order valence-electron chi connectivity index (χ1n) is 7.45. The molecular formula is C18H20O5S. The van der Waals surface area contributed by atoms with Crippen LogP contribution in [0.4, 0.5) is 0 Å². The van der Waals surface area contributed by atoms with Gasteiger partial charge in [-0.3, -0.25) is 0 Å². The van der Waals surface area contributed by atoms with Gasteiger partial charge >= 0.3 is 0 Å². The van der Waals surface area contributed by atoms with E-state index in [0.717, 1.165) is 0 Å². The molecule has 0 spiro atoms. The molecular weight excluding hydrogens is 328 g/mol. The minimum Gasteiger partial charge on any atom is -0.394 e. The van der Waals surface area contributed by atoms with E-state index in [1.54, 1.807) is 60.7 Å². The molecule has 1 unspecified atom stereocenters. The van der Waals surface area contributed by atoms with Gasteiger partial charge in [0.25, 0.3) is 0 Å². The molecule has 0 aliphatic carbocycles. The van der Waals surface area contributed by atoms with Crippen LogP contribution in [0.5, 0.6) is 0 Å². The molecule has 2 rings (SSSR count). The highest BCUT2D eigenvalue weighted by molar-refractivity contribution is 7.81. The van der Waals surface area contributed by atoms with Crippen molar-refractivity contribution >= 4 is 17.1 Å². The van der Waals surface area contributed by atoms with Crippen molar-refractivity contribution in [3.05, 3.63) is 71.8 Å². The predicted molar refractivity (Wildman–Crippen MR) is 93.6 cm³/mol. The fraction of sp³-hybridized carbons (Fsp3) is 0.278. The van der Waals surface area contributed by atoms with E-state index in [9.17, 15) is 20.4 Å². The molecule has 0 saturated heterocycles. The molecule has 128 valence electrons. The van der Waals surface area contributed by atoms with E-state index >= 15 is 0 Å². The van der Waals surface area contributed by atoms with Crippen LogP contribution in [-0.2, 0) is 0 Å². The average molecular weight is 348 g/mol. The van der Waals surface area contributed by atoms with Crippen LogP contribution in [0.2, 0.25) is 0 Å². The lowest BCUT2D eigenvalue weighted by molar-refractivity contribution is -0.146. The molecule has 0 saturated carbocycles. The molecule has 0 bridgehead atoms. The minimum atomic E-state index is -2.36. The number of hydrogen-bond donors (Lipinski definition) is 5. The van der Waals surface area contributed by atoms with Crippen LogP contribution in [0.25, 0.3) is 0 Å². The number of thiocarbonyl (C=S) groups is 1. The van der Waals surface area contributed by atoms with Crippen molar-refractivity contribution in [2.45, 2.75) is 23.9 Å². The monoisotopic (exact) mass is 348 g/mol. The van der Waals surface area contributed by atoms with Crippen LogP contribution >= 0.6 is 12.2 Å². The van der Waals surface area contributed by atoms with E-state index in [4.69, 9.17) is 17.3 Å². The smallest absolute Gasteiger partial charge is 0.158 e. The molecule has 0 radical (unpaired) electrons. The molecule has 2 aromatic rings. The van der Waals surface area contributed by atoms with Gasteiger partial charge in [-0.05, 0) is 11.1 Å². The predicted octanol–water partition coefficient (Wildman–Crippen LogP) is 0.583. The van der Waals surface area contributed by atoms with Crippen molar-refractivity contribution in [1.82, 2.24) is 0 Å². The molecule has 6 heteroatoms. The van der Waals surface area contributed by atoms with Crippen LogP contribution in [0, 0.1) is 0 Å². The standard InChI is InChI=1S/C18H20O5S/c19-11-14(20)16(22)18(23,15(21)12-7-3-1-4-8-12)17(24)13-9-5-2-6-10-13/h1-10,14-16,19-23H,11H2/t14-,15?,16+,18-/m1/s1. The zero-order chi connectivity index (χ0) is 17.7. The molecule has 0 aromatic heterocycles. The molecule has 0 heterocycles. The quantitative estimate of drug-likeness (QED) is 0.371. The van der Waals surface area contributed by atoms with Crippen molar-refractivity contribution in [3.63, 3.8) is 0 Å². The lowest BCUT2D eigenvalue weighted by atomic mass is 9.79. The summed E-state index contributed by atoms with van der Waals surface area (Å²) in [4.78, 5) is -0.126. The van der Waals surface area contributed by atoms with Gasteiger partial charge in [-0.25, -0.2) is 0 Å². The summed E-state index contributed by atoms with van der Waals surface area (Å²) in [6.07, 6.45) is -5.15. The van der Waals surface area contributed by atoms with E-state index in [1.807, 2.05) is 0 Å². The first-order valence-corrected chi connectivity index (χ1v) is 7.86. The maximum Gasteiger partial charge on any atom is 0.158 e. The highest BCUT2D eigenvalue weighted by Crippen LogP contribution is 2.34. The Morgan fingerprint density at radius 3 is 1.92 bits per heavy atom. The van der Waals surface area contributed by atoms with Crippen molar-refractivity contribution in [2.24, 2.45) is 0 Å². The van der Waals surface area contributed by atoms with Gasteiger partial charge in [0.1, 0.15) is 18.3 Å². The van der Waals surface area contributed by atoms with Crippen molar-refractivity contribution in [1.29, 1.82) is 0 Å². The Bertz CT molecular complexity index is 664. The zero-order valence-corrected chi connectivity index (χ0v) is 13.7. The summed E-state index contributed by atoms with van der Waals surface area (Å²) >= 11 is 5.31. The van der Waals surface area contributed by atoms with E-state index in [-0.39, 0.29) is 4.86 Å². The topological polar surface area (TPSA) is 101 Å². The second-order valence-corrected chi connectivity index (χ2v) is 5.94. The Balaban J connectivity index is 2.51. The molecule has 4 atom stereocenters. The number of hydrogen-bond acceptors (Lipinski definition) is 6. The molecule has 0 aliphatic rings. The van der Waals surface area contributed by atoms with E-state index in [0.29, 0.717) is 11.1 Å². The molecule has 0 amide bonds. The Morgan fingerprint density at radius 1 is 0.917 bits per heavy atom. The third kappa shape index (κ3) is 3.54. The number of aliphatic hydroxyl groups is 5.